The van der Waals surface area contributed by atoms with Gasteiger partial charge in [-0.2, -0.15) is 0 Å². The van der Waals surface area contributed by atoms with Crippen LogP contribution in [0.1, 0.15) is 37.8 Å². The van der Waals surface area contributed by atoms with E-state index in [4.69, 9.17) is 5.73 Å². The highest BCUT2D eigenvalue weighted by Gasteiger charge is 2.16. The van der Waals surface area contributed by atoms with Crippen molar-refractivity contribution in [2.75, 3.05) is 7.05 Å². The molecular formula is C15H24N2O. The molecular weight excluding hydrogens is 224 g/mol. The topological polar surface area (TPSA) is 46.3 Å². The normalized spacial score (nSPS) is 10.7. The van der Waals surface area contributed by atoms with Crippen LogP contribution in [-0.2, 0) is 17.8 Å². The number of nitrogens with two attached hydrogens (primary N) is 1. The summed E-state index contributed by atoms with van der Waals surface area (Å²) in [5, 5.41) is 0. The van der Waals surface area contributed by atoms with Crippen LogP contribution in [0.2, 0.25) is 0 Å². The zero-order valence-corrected chi connectivity index (χ0v) is 11.6. The Labute approximate surface area is 110 Å². The summed E-state index contributed by atoms with van der Waals surface area (Å²) in [6, 6.07) is 8.29. The number of carbonyl (C=O) groups is 1. The van der Waals surface area contributed by atoms with Crippen LogP contribution in [-0.4, -0.2) is 23.9 Å². The number of benzene rings is 1. The van der Waals surface area contributed by atoms with Crippen molar-refractivity contribution < 1.29 is 4.79 Å². The van der Waals surface area contributed by atoms with Gasteiger partial charge in [-0.25, -0.2) is 0 Å². The van der Waals surface area contributed by atoms with Gasteiger partial charge in [-0.05, 0) is 24.0 Å². The van der Waals surface area contributed by atoms with E-state index < -0.39 is 0 Å². The highest BCUT2D eigenvalue weighted by Crippen LogP contribution is 2.10. The molecule has 18 heavy (non-hydrogen) atoms. The van der Waals surface area contributed by atoms with Gasteiger partial charge in [0.2, 0.25) is 5.91 Å². The molecule has 0 radical (unpaired) electrons. The number of amides is 1. The lowest BCUT2D eigenvalue weighted by Gasteiger charge is -2.26. The summed E-state index contributed by atoms with van der Waals surface area (Å²) < 4.78 is 0. The molecule has 2 N–H and O–H groups in total. The monoisotopic (exact) mass is 248 g/mol. The highest BCUT2D eigenvalue weighted by molar-refractivity contribution is 5.78. The molecule has 0 fully saturated rings. The first-order valence-corrected chi connectivity index (χ1v) is 6.65. The first kappa shape index (κ1) is 14.7. The van der Waals surface area contributed by atoms with E-state index in [1.165, 1.54) is 0 Å². The van der Waals surface area contributed by atoms with Crippen LogP contribution in [0, 0.1) is 0 Å². The van der Waals surface area contributed by atoms with Crippen molar-refractivity contribution in [2.45, 2.75) is 45.7 Å². The smallest absolute Gasteiger partial charge is 0.226 e. The van der Waals surface area contributed by atoms with Crippen molar-refractivity contribution >= 4 is 5.91 Å². The lowest BCUT2D eigenvalue weighted by molar-refractivity contribution is -0.131. The van der Waals surface area contributed by atoms with Gasteiger partial charge in [0.25, 0.3) is 0 Å². The summed E-state index contributed by atoms with van der Waals surface area (Å²) >= 11 is 0. The molecule has 0 heterocycles. The predicted octanol–water partition coefficient (Wildman–Crippen LogP) is 2.33. The molecule has 3 nitrogen and oxygen atoms in total. The zero-order valence-electron chi connectivity index (χ0n) is 11.6. The standard InChI is InChI=1S/C15H24N2O/c1-4-14(5-2)17(3)15(18)10-12-6-8-13(11-16)9-7-12/h6-9,14H,4-5,10-11,16H2,1-3H3. The predicted molar refractivity (Wildman–Crippen MR) is 75.2 cm³/mol. The summed E-state index contributed by atoms with van der Waals surface area (Å²) in [5.41, 5.74) is 7.70. The number of hydrogen-bond acceptors (Lipinski definition) is 2. The maximum Gasteiger partial charge on any atom is 0.226 e. The number of hydrogen-bond donors (Lipinski definition) is 1. The van der Waals surface area contributed by atoms with Gasteiger partial charge in [0, 0.05) is 19.6 Å². The minimum Gasteiger partial charge on any atom is -0.343 e. The second-order valence-electron chi connectivity index (χ2n) is 4.67. The lowest BCUT2D eigenvalue weighted by atomic mass is 10.1. The third-order valence-corrected chi connectivity index (χ3v) is 3.50. The molecule has 1 rings (SSSR count). The molecule has 0 aliphatic heterocycles. The van der Waals surface area contributed by atoms with Gasteiger partial charge in [0.15, 0.2) is 0 Å². The second kappa shape index (κ2) is 7.17. The second-order valence-corrected chi connectivity index (χ2v) is 4.67. The average Bonchev–Trinajstić information content (AvgIpc) is 2.40. The Hall–Kier alpha value is -1.35. The fraction of sp³-hybridized carbons (Fsp3) is 0.533. The van der Waals surface area contributed by atoms with E-state index >= 15 is 0 Å². The highest BCUT2D eigenvalue weighted by atomic mass is 16.2. The number of nitrogens with zero attached hydrogens (tertiary/aromatic N) is 1. The first-order valence-electron chi connectivity index (χ1n) is 6.65. The van der Waals surface area contributed by atoms with Crippen molar-refractivity contribution in [1.29, 1.82) is 0 Å². The van der Waals surface area contributed by atoms with Crippen LogP contribution in [0.5, 0.6) is 0 Å². The Kier molecular flexibility index (Phi) is 5.86. The Bertz CT molecular complexity index is 369. The van der Waals surface area contributed by atoms with E-state index in [1.807, 2.05) is 36.2 Å². The SMILES string of the molecule is CCC(CC)N(C)C(=O)Cc1ccc(CN)cc1. The van der Waals surface area contributed by atoms with Crippen molar-refractivity contribution in [2.24, 2.45) is 5.73 Å². The molecule has 1 aromatic carbocycles. The Balaban J connectivity index is 2.62. The molecule has 0 bridgehead atoms. The molecule has 0 saturated heterocycles. The van der Waals surface area contributed by atoms with Gasteiger partial charge < -0.3 is 10.6 Å². The van der Waals surface area contributed by atoms with Gasteiger partial charge in [0.05, 0.1) is 6.42 Å². The molecule has 0 aliphatic carbocycles. The summed E-state index contributed by atoms with van der Waals surface area (Å²) in [5.74, 6) is 0.184. The van der Waals surface area contributed by atoms with Crippen LogP contribution in [0.15, 0.2) is 24.3 Å². The summed E-state index contributed by atoms with van der Waals surface area (Å²) in [6.45, 7) is 4.78. The van der Waals surface area contributed by atoms with E-state index in [9.17, 15) is 4.79 Å². The Morgan fingerprint density at radius 1 is 1.17 bits per heavy atom. The van der Waals surface area contributed by atoms with Crippen molar-refractivity contribution in [3.8, 4) is 0 Å². The van der Waals surface area contributed by atoms with Crippen LogP contribution >= 0.6 is 0 Å². The minimum absolute atomic E-state index is 0.184. The van der Waals surface area contributed by atoms with Gasteiger partial charge in [-0.15, -0.1) is 0 Å². The van der Waals surface area contributed by atoms with E-state index in [0.717, 1.165) is 24.0 Å². The van der Waals surface area contributed by atoms with Gasteiger partial charge in [-0.1, -0.05) is 38.1 Å². The molecule has 1 aromatic rings. The van der Waals surface area contributed by atoms with E-state index in [-0.39, 0.29) is 5.91 Å². The number of rotatable bonds is 6. The van der Waals surface area contributed by atoms with Gasteiger partial charge >= 0.3 is 0 Å². The average molecular weight is 248 g/mol. The van der Waals surface area contributed by atoms with Gasteiger partial charge in [0.1, 0.15) is 0 Å². The van der Waals surface area contributed by atoms with Crippen molar-refractivity contribution in [3.63, 3.8) is 0 Å². The van der Waals surface area contributed by atoms with Crippen molar-refractivity contribution in [3.05, 3.63) is 35.4 Å². The molecule has 0 unspecified atom stereocenters. The minimum atomic E-state index is 0.184. The molecule has 0 atom stereocenters. The molecule has 0 aromatic heterocycles. The number of carbonyl (C=O) groups excluding carboxylic acids is 1. The summed E-state index contributed by atoms with van der Waals surface area (Å²) in [4.78, 5) is 14.0. The van der Waals surface area contributed by atoms with Gasteiger partial charge in [-0.3, -0.25) is 4.79 Å². The quantitative estimate of drug-likeness (QED) is 0.840. The summed E-state index contributed by atoms with van der Waals surface area (Å²) in [7, 11) is 1.90. The molecule has 0 saturated carbocycles. The van der Waals surface area contributed by atoms with E-state index in [2.05, 4.69) is 13.8 Å². The molecule has 1 amide bonds. The summed E-state index contributed by atoms with van der Waals surface area (Å²) in [6.07, 6.45) is 2.48. The maximum absolute atomic E-state index is 12.1. The largest absolute Gasteiger partial charge is 0.343 e. The Morgan fingerprint density at radius 2 is 1.67 bits per heavy atom. The number of likely N-dealkylation sites (N-methyl/N-ethyl adjacent to an activating group) is 1. The van der Waals surface area contributed by atoms with Crippen LogP contribution in [0.3, 0.4) is 0 Å². The third kappa shape index (κ3) is 3.84. The maximum atomic E-state index is 12.1. The van der Waals surface area contributed by atoms with Crippen LogP contribution in [0.4, 0.5) is 0 Å². The van der Waals surface area contributed by atoms with E-state index in [0.29, 0.717) is 19.0 Å². The van der Waals surface area contributed by atoms with Crippen LogP contribution < -0.4 is 5.73 Å². The first-order chi connectivity index (χ1) is 8.62. The fourth-order valence-electron chi connectivity index (χ4n) is 2.13. The molecule has 0 spiro atoms. The fourth-order valence-corrected chi connectivity index (χ4v) is 2.13. The molecule has 0 aliphatic rings. The van der Waals surface area contributed by atoms with Crippen LogP contribution in [0.25, 0.3) is 0 Å². The third-order valence-electron chi connectivity index (χ3n) is 3.50. The molecule has 3 heteroatoms. The van der Waals surface area contributed by atoms with E-state index in [1.54, 1.807) is 0 Å². The zero-order chi connectivity index (χ0) is 13.5. The Morgan fingerprint density at radius 3 is 2.11 bits per heavy atom. The lowest BCUT2D eigenvalue weighted by Crippen LogP contribution is -2.37. The molecule has 100 valence electrons. The van der Waals surface area contributed by atoms with Crippen molar-refractivity contribution in [1.82, 2.24) is 4.90 Å².